The fraction of sp³-hybridized carbons (Fsp3) is 0.500. The highest BCUT2D eigenvalue weighted by molar-refractivity contribution is 7.99. The third-order valence-corrected chi connectivity index (χ3v) is 5.41. The first-order valence-electron chi connectivity index (χ1n) is 7.78. The van der Waals surface area contributed by atoms with Crippen LogP contribution in [0.5, 0.6) is 0 Å². The zero-order valence-corrected chi connectivity index (χ0v) is 15.2. The number of aromatic nitrogens is 2. The predicted molar refractivity (Wildman–Crippen MR) is 99.5 cm³/mol. The molecule has 2 aromatic rings. The van der Waals surface area contributed by atoms with Gasteiger partial charge in [0.1, 0.15) is 5.82 Å². The summed E-state index contributed by atoms with van der Waals surface area (Å²) in [5.74, 6) is 3.27. The van der Waals surface area contributed by atoms with E-state index < -0.39 is 0 Å². The highest BCUT2D eigenvalue weighted by Gasteiger charge is 2.13. The summed E-state index contributed by atoms with van der Waals surface area (Å²) in [6.45, 7) is 5.10. The van der Waals surface area contributed by atoms with Gasteiger partial charge in [0.15, 0.2) is 0 Å². The second kappa shape index (κ2) is 7.99. The molecule has 5 nitrogen and oxygen atoms in total. The molecular formula is C16H22N4OS2. The smallest absolute Gasteiger partial charge is 0.207 e. The molecule has 23 heavy (non-hydrogen) atoms. The summed E-state index contributed by atoms with van der Waals surface area (Å²) in [6, 6.07) is 6.52. The van der Waals surface area contributed by atoms with Crippen molar-refractivity contribution >= 4 is 39.8 Å². The van der Waals surface area contributed by atoms with E-state index in [0.717, 1.165) is 36.2 Å². The van der Waals surface area contributed by atoms with Gasteiger partial charge in [0.25, 0.3) is 0 Å². The van der Waals surface area contributed by atoms with Crippen molar-refractivity contribution in [3.8, 4) is 0 Å². The lowest BCUT2D eigenvalue weighted by molar-refractivity contribution is 0.201. The summed E-state index contributed by atoms with van der Waals surface area (Å²) in [5, 5.41) is 4.18. The largest absolute Gasteiger partial charge is 0.384 e. The lowest BCUT2D eigenvalue weighted by Crippen LogP contribution is -2.32. The van der Waals surface area contributed by atoms with Gasteiger partial charge in [-0.25, -0.2) is 4.98 Å². The Kier molecular flexibility index (Phi) is 5.75. The summed E-state index contributed by atoms with van der Waals surface area (Å²) in [5.41, 5.74) is 3.70. The number of anilines is 3. The van der Waals surface area contributed by atoms with Gasteiger partial charge in [0.2, 0.25) is 5.13 Å². The van der Waals surface area contributed by atoms with E-state index in [2.05, 4.69) is 44.7 Å². The van der Waals surface area contributed by atoms with Gasteiger partial charge in [-0.15, -0.1) is 0 Å². The van der Waals surface area contributed by atoms with Gasteiger partial charge in [0, 0.05) is 61.0 Å². The average molecular weight is 351 g/mol. The molecule has 124 valence electrons. The lowest BCUT2D eigenvalue weighted by Gasteiger charge is -2.30. The highest BCUT2D eigenvalue weighted by atomic mass is 32.2. The Morgan fingerprint density at radius 3 is 2.87 bits per heavy atom. The molecule has 2 heterocycles. The standard InChI is InChI=1S/C16H22N4OS2/c1-12-11-13(3-4-14(12)20-6-9-22-10-7-20)17-16-18-15(19-23-16)5-8-21-2/h3-4,11H,5-10H2,1-2H3,(H,17,18,19). The van der Waals surface area contributed by atoms with Crippen molar-refractivity contribution in [1.82, 2.24) is 9.36 Å². The molecule has 0 saturated carbocycles. The molecule has 1 fully saturated rings. The quantitative estimate of drug-likeness (QED) is 0.862. The van der Waals surface area contributed by atoms with E-state index in [9.17, 15) is 0 Å². The number of thioether (sulfide) groups is 1. The molecular weight excluding hydrogens is 328 g/mol. The van der Waals surface area contributed by atoms with E-state index in [0.29, 0.717) is 6.61 Å². The minimum atomic E-state index is 0.651. The minimum absolute atomic E-state index is 0.651. The summed E-state index contributed by atoms with van der Waals surface area (Å²) in [7, 11) is 1.69. The summed E-state index contributed by atoms with van der Waals surface area (Å²) < 4.78 is 9.40. The Hall–Kier alpha value is -1.31. The maximum Gasteiger partial charge on any atom is 0.207 e. The van der Waals surface area contributed by atoms with Gasteiger partial charge in [-0.05, 0) is 30.7 Å². The number of ether oxygens (including phenoxy) is 1. The van der Waals surface area contributed by atoms with Crippen LogP contribution < -0.4 is 10.2 Å². The SMILES string of the molecule is COCCc1nsc(Nc2ccc(N3CCSCC3)c(C)c2)n1. The number of nitrogens with zero attached hydrogens (tertiary/aromatic N) is 3. The zero-order valence-electron chi connectivity index (χ0n) is 13.5. The van der Waals surface area contributed by atoms with Crippen LogP contribution in [0.2, 0.25) is 0 Å². The number of benzene rings is 1. The average Bonchev–Trinajstić information content (AvgIpc) is 3.01. The van der Waals surface area contributed by atoms with Crippen molar-refractivity contribution in [2.75, 3.05) is 48.5 Å². The van der Waals surface area contributed by atoms with Crippen LogP contribution in [0.25, 0.3) is 0 Å². The Bertz CT molecular complexity index is 641. The normalized spacial score (nSPS) is 15.0. The van der Waals surface area contributed by atoms with Crippen LogP contribution in [0.1, 0.15) is 11.4 Å². The van der Waals surface area contributed by atoms with Crippen molar-refractivity contribution in [2.45, 2.75) is 13.3 Å². The molecule has 1 N–H and O–H groups in total. The van der Waals surface area contributed by atoms with Gasteiger partial charge < -0.3 is 15.0 Å². The van der Waals surface area contributed by atoms with Crippen LogP contribution in [0.15, 0.2) is 18.2 Å². The molecule has 1 saturated heterocycles. The van der Waals surface area contributed by atoms with Crippen molar-refractivity contribution in [2.24, 2.45) is 0 Å². The molecule has 7 heteroatoms. The number of methoxy groups -OCH3 is 1. The Morgan fingerprint density at radius 1 is 1.30 bits per heavy atom. The van der Waals surface area contributed by atoms with Crippen LogP contribution in [0, 0.1) is 6.92 Å². The van der Waals surface area contributed by atoms with Crippen LogP contribution in [-0.2, 0) is 11.2 Å². The van der Waals surface area contributed by atoms with Crippen molar-refractivity contribution in [1.29, 1.82) is 0 Å². The van der Waals surface area contributed by atoms with Crippen LogP contribution in [0.4, 0.5) is 16.5 Å². The molecule has 3 rings (SSSR count). The second-order valence-corrected chi connectivity index (χ2v) is 7.46. The van der Waals surface area contributed by atoms with E-state index >= 15 is 0 Å². The number of rotatable bonds is 6. The lowest BCUT2D eigenvalue weighted by atomic mass is 10.1. The van der Waals surface area contributed by atoms with Crippen molar-refractivity contribution < 1.29 is 4.74 Å². The van der Waals surface area contributed by atoms with E-state index in [1.807, 2.05) is 11.8 Å². The Morgan fingerprint density at radius 2 is 2.13 bits per heavy atom. The first-order valence-corrected chi connectivity index (χ1v) is 9.71. The van der Waals surface area contributed by atoms with E-state index in [-0.39, 0.29) is 0 Å². The number of hydrogen-bond donors (Lipinski definition) is 1. The molecule has 0 radical (unpaired) electrons. The summed E-state index contributed by atoms with van der Waals surface area (Å²) in [6.07, 6.45) is 0.750. The fourth-order valence-electron chi connectivity index (χ4n) is 2.62. The van der Waals surface area contributed by atoms with Gasteiger partial charge >= 0.3 is 0 Å². The summed E-state index contributed by atoms with van der Waals surface area (Å²) in [4.78, 5) is 6.96. The molecule has 0 amide bonds. The van der Waals surface area contributed by atoms with Crippen molar-refractivity contribution in [3.63, 3.8) is 0 Å². The summed E-state index contributed by atoms with van der Waals surface area (Å²) >= 11 is 3.43. The molecule has 0 unspecified atom stereocenters. The van der Waals surface area contributed by atoms with Gasteiger partial charge in [-0.1, -0.05) is 0 Å². The number of aryl methyl sites for hydroxylation is 1. The van der Waals surface area contributed by atoms with Gasteiger partial charge in [-0.2, -0.15) is 16.1 Å². The predicted octanol–water partition coefficient (Wildman–Crippen LogP) is 3.33. The topological polar surface area (TPSA) is 50.3 Å². The fourth-order valence-corrected chi connectivity index (χ4v) is 4.15. The Labute approximate surface area is 145 Å². The Balaban J connectivity index is 1.66. The van der Waals surface area contributed by atoms with Crippen LogP contribution in [-0.4, -0.2) is 47.7 Å². The third-order valence-electron chi connectivity index (χ3n) is 3.80. The first-order chi connectivity index (χ1) is 11.3. The monoisotopic (exact) mass is 350 g/mol. The molecule has 1 aliphatic heterocycles. The molecule has 1 aromatic carbocycles. The second-order valence-electron chi connectivity index (χ2n) is 5.48. The van der Waals surface area contributed by atoms with Gasteiger partial charge in [-0.3, -0.25) is 0 Å². The maximum atomic E-state index is 5.06. The molecule has 0 atom stereocenters. The molecule has 1 aromatic heterocycles. The molecule has 1 aliphatic rings. The highest BCUT2D eigenvalue weighted by Crippen LogP contribution is 2.28. The minimum Gasteiger partial charge on any atom is -0.384 e. The van der Waals surface area contributed by atoms with Crippen molar-refractivity contribution in [3.05, 3.63) is 29.6 Å². The van der Waals surface area contributed by atoms with Gasteiger partial charge in [0.05, 0.1) is 6.61 Å². The maximum absolute atomic E-state index is 5.06. The molecule has 0 aliphatic carbocycles. The third kappa shape index (κ3) is 4.37. The molecule has 0 bridgehead atoms. The van der Waals surface area contributed by atoms with E-state index in [1.54, 1.807) is 7.11 Å². The zero-order chi connectivity index (χ0) is 16.1. The van der Waals surface area contributed by atoms with E-state index in [4.69, 9.17) is 4.74 Å². The van der Waals surface area contributed by atoms with Crippen LogP contribution in [0.3, 0.4) is 0 Å². The number of hydrogen-bond acceptors (Lipinski definition) is 7. The van der Waals surface area contributed by atoms with Crippen LogP contribution >= 0.6 is 23.3 Å². The molecule has 0 spiro atoms. The van der Waals surface area contributed by atoms with E-state index in [1.165, 1.54) is 34.3 Å². The number of nitrogens with one attached hydrogen (secondary N) is 1. The first kappa shape index (κ1) is 16.5.